The summed E-state index contributed by atoms with van der Waals surface area (Å²) in [7, 11) is -3.17. The number of carbonyl (C=O) groups excluding carboxylic acids is 1. The van der Waals surface area contributed by atoms with Crippen molar-refractivity contribution in [3.8, 4) is 0 Å². The van der Waals surface area contributed by atoms with E-state index in [1.54, 1.807) is 4.90 Å². The van der Waals surface area contributed by atoms with Crippen molar-refractivity contribution < 1.29 is 13.2 Å². The van der Waals surface area contributed by atoms with Crippen molar-refractivity contribution in [2.45, 2.75) is 26.7 Å². The average Bonchev–Trinajstić information content (AvgIpc) is 2.49. The van der Waals surface area contributed by atoms with Crippen LogP contribution in [0, 0.1) is 5.92 Å². The maximum Gasteiger partial charge on any atom is 0.223 e. The minimum Gasteiger partial charge on any atom is -0.341 e. The van der Waals surface area contributed by atoms with Crippen LogP contribution < -0.4 is 5.73 Å². The van der Waals surface area contributed by atoms with Crippen molar-refractivity contribution >= 4 is 15.7 Å². The van der Waals surface area contributed by atoms with E-state index in [1.165, 1.54) is 0 Å². The van der Waals surface area contributed by atoms with Crippen LogP contribution in [0.4, 0.5) is 0 Å². The van der Waals surface area contributed by atoms with Gasteiger partial charge in [-0.05, 0) is 17.9 Å². The molecule has 23 heavy (non-hydrogen) atoms. The summed E-state index contributed by atoms with van der Waals surface area (Å²) >= 11 is 0. The van der Waals surface area contributed by atoms with Crippen molar-refractivity contribution in [1.82, 2.24) is 4.90 Å². The summed E-state index contributed by atoms with van der Waals surface area (Å²) in [5, 5.41) is 0. The zero-order valence-electron chi connectivity index (χ0n) is 14.1. The minimum absolute atomic E-state index is 0.0316. The van der Waals surface area contributed by atoms with E-state index < -0.39 is 9.84 Å². The van der Waals surface area contributed by atoms with Crippen LogP contribution >= 0.6 is 0 Å². The molecule has 5 nitrogen and oxygen atoms in total. The van der Waals surface area contributed by atoms with Gasteiger partial charge in [-0.3, -0.25) is 4.79 Å². The fraction of sp³-hybridized carbons (Fsp3) is 0.588. The van der Waals surface area contributed by atoms with E-state index in [4.69, 9.17) is 5.73 Å². The Morgan fingerprint density at radius 1 is 1.17 bits per heavy atom. The predicted octanol–water partition coefficient (Wildman–Crippen LogP) is 1.48. The number of benzene rings is 1. The van der Waals surface area contributed by atoms with Gasteiger partial charge in [0.2, 0.25) is 5.91 Å². The number of carbonyl (C=O) groups is 1. The zero-order valence-corrected chi connectivity index (χ0v) is 14.9. The molecule has 1 aromatic rings. The first-order chi connectivity index (χ1) is 10.8. The predicted molar refractivity (Wildman–Crippen MR) is 93.9 cm³/mol. The van der Waals surface area contributed by atoms with Crippen LogP contribution in [0.5, 0.6) is 0 Å². The molecule has 0 bridgehead atoms. The van der Waals surface area contributed by atoms with E-state index in [9.17, 15) is 13.2 Å². The Kier molecular flexibility index (Phi) is 8.26. The number of nitrogens with zero attached hydrogens (tertiary/aromatic N) is 1. The second-order valence-corrected chi connectivity index (χ2v) is 8.39. The molecule has 2 N–H and O–H groups in total. The highest BCUT2D eigenvalue weighted by atomic mass is 32.2. The highest BCUT2D eigenvalue weighted by molar-refractivity contribution is 7.91. The van der Waals surface area contributed by atoms with E-state index in [1.807, 2.05) is 44.2 Å². The van der Waals surface area contributed by atoms with Crippen molar-refractivity contribution in [3.63, 3.8) is 0 Å². The molecule has 0 saturated carbocycles. The van der Waals surface area contributed by atoms with E-state index in [-0.39, 0.29) is 29.8 Å². The maximum absolute atomic E-state index is 12.3. The van der Waals surface area contributed by atoms with Crippen LogP contribution in [0.15, 0.2) is 30.3 Å². The highest BCUT2D eigenvalue weighted by Crippen LogP contribution is 2.06. The summed E-state index contributed by atoms with van der Waals surface area (Å²) in [5.74, 6) is -0.0236. The molecule has 0 aromatic heterocycles. The number of rotatable bonds is 10. The van der Waals surface area contributed by atoms with Gasteiger partial charge in [-0.1, -0.05) is 44.2 Å². The molecule has 0 fully saturated rings. The van der Waals surface area contributed by atoms with Gasteiger partial charge in [0, 0.05) is 26.1 Å². The van der Waals surface area contributed by atoms with E-state index in [2.05, 4.69) is 0 Å². The third-order valence-electron chi connectivity index (χ3n) is 3.48. The van der Waals surface area contributed by atoms with Gasteiger partial charge in [0.05, 0.1) is 11.5 Å². The monoisotopic (exact) mass is 340 g/mol. The van der Waals surface area contributed by atoms with Gasteiger partial charge in [0.15, 0.2) is 9.84 Å². The van der Waals surface area contributed by atoms with Crippen LogP contribution in [0.3, 0.4) is 0 Å². The Balaban J connectivity index is 2.54. The number of hydrogen-bond donors (Lipinski definition) is 1. The molecule has 0 spiro atoms. The Labute approximate surface area is 139 Å². The van der Waals surface area contributed by atoms with E-state index in [0.717, 1.165) is 12.0 Å². The summed E-state index contributed by atoms with van der Waals surface area (Å²) < 4.78 is 23.8. The lowest BCUT2D eigenvalue weighted by molar-refractivity contribution is -0.130. The lowest BCUT2D eigenvalue weighted by Gasteiger charge is -2.22. The normalized spacial score (nSPS) is 11.7. The Morgan fingerprint density at radius 2 is 1.83 bits per heavy atom. The lowest BCUT2D eigenvalue weighted by Crippen LogP contribution is -2.37. The van der Waals surface area contributed by atoms with Gasteiger partial charge >= 0.3 is 0 Å². The van der Waals surface area contributed by atoms with Gasteiger partial charge in [0.1, 0.15) is 0 Å². The SMILES string of the molecule is CC(C)CS(=O)(=O)CCC(=O)N(CCN)CCc1ccccc1. The molecule has 0 aliphatic heterocycles. The molecule has 0 atom stereocenters. The van der Waals surface area contributed by atoms with Crippen LogP contribution in [-0.2, 0) is 21.1 Å². The van der Waals surface area contributed by atoms with Crippen molar-refractivity contribution in [2.24, 2.45) is 11.7 Å². The molecule has 0 aliphatic carbocycles. The molecule has 0 radical (unpaired) electrons. The van der Waals surface area contributed by atoms with Crippen molar-refractivity contribution in [3.05, 3.63) is 35.9 Å². The van der Waals surface area contributed by atoms with Crippen LogP contribution in [0.1, 0.15) is 25.8 Å². The van der Waals surface area contributed by atoms with Gasteiger partial charge < -0.3 is 10.6 Å². The minimum atomic E-state index is -3.17. The molecule has 6 heteroatoms. The first-order valence-electron chi connectivity index (χ1n) is 8.06. The first kappa shape index (κ1) is 19.6. The van der Waals surface area contributed by atoms with Crippen molar-refractivity contribution in [1.29, 1.82) is 0 Å². The molecule has 130 valence electrons. The quantitative estimate of drug-likeness (QED) is 0.699. The topological polar surface area (TPSA) is 80.5 Å². The summed E-state index contributed by atoms with van der Waals surface area (Å²) in [6.45, 7) is 5.11. The molecule has 0 aliphatic rings. The van der Waals surface area contributed by atoms with Gasteiger partial charge in [-0.15, -0.1) is 0 Å². The first-order valence-corrected chi connectivity index (χ1v) is 9.88. The number of sulfone groups is 1. The third-order valence-corrected chi connectivity index (χ3v) is 5.48. The second kappa shape index (κ2) is 9.67. The fourth-order valence-electron chi connectivity index (χ4n) is 2.42. The molecular weight excluding hydrogens is 312 g/mol. The largest absolute Gasteiger partial charge is 0.341 e. The van der Waals surface area contributed by atoms with E-state index >= 15 is 0 Å². The van der Waals surface area contributed by atoms with Crippen LogP contribution in [0.25, 0.3) is 0 Å². The summed E-state index contributed by atoms with van der Waals surface area (Å²) in [6.07, 6.45) is 0.773. The summed E-state index contributed by atoms with van der Waals surface area (Å²) in [6, 6.07) is 9.90. The molecular formula is C17H28N2O3S. The smallest absolute Gasteiger partial charge is 0.223 e. The van der Waals surface area contributed by atoms with Crippen LogP contribution in [0.2, 0.25) is 0 Å². The molecule has 0 heterocycles. The Hall–Kier alpha value is -1.40. The second-order valence-electron chi connectivity index (χ2n) is 6.16. The third kappa shape index (κ3) is 8.13. The molecule has 1 amide bonds. The standard InChI is InChI=1S/C17H28N2O3S/c1-15(2)14-23(21,22)13-9-17(20)19(12-10-18)11-8-16-6-4-3-5-7-16/h3-7,15H,8-14,18H2,1-2H3. The zero-order chi connectivity index (χ0) is 17.3. The highest BCUT2D eigenvalue weighted by Gasteiger charge is 2.18. The number of amides is 1. The maximum atomic E-state index is 12.3. The fourth-order valence-corrected chi connectivity index (χ4v) is 4.09. The molecule has 0 unspecified atom stereocenters. The summed E-state index contributed by atoms with van der Waals surface area (Å²) in [5.41, 5.74) is 6.72. The van der Waals surface area contributed by atoms with Gasteiger partial charge in [0.25, 0.3) is 0 Å². The Bertz CT molecular complexity index is 571. The Morgan fingerprint density at radius 3 is 2.39 bits per heavy atom. The molecule has 1 rings (SSSR count). The molecule has 1 aromatic carbocycles. The average molecular weight is 340 g/mol. The van der Waals surface area contributed by atoms with Crippen molar-refractivity contribution in [2.75, 3.05) is 31.1 Å². The molecule has 0 saturated heterocycles. The number of hydrogen-bond acceptors (Lipinski definition) is 4. The van der Waals surface area contributed by atoms with Gasteiger partial charge in [-0.2, -0.15) is 0 Å². The van der Waals surface area contributed by atoms with Crippen LogP contribution in [-0.4, -0.2) is 50.4 Å². The van der Waals surface area contributed by atoms with E-state index in [0.29, 0.717) is 19.6 Å². The summed E-state index contributed by atoms with van der Waals surface area (Å²) in [4.78, 5) is 14.0. The lowest BCUT2D eigenvalue weighted by atomic mass is 10.1. The number of nitrogens with two attached hydrogens (primary N) is 1. The van der Waals surface area contributed by atoms with Gasteiger partial charge in [-0.25, -0.2) is 8.42 Å².